The molecule has 0 saturated carbocycles. The Morgan fingerprint density at radius 1 is 1.18 bits per heavy atom. The summed E-state index contributed by atoms with van der Waals surface area (Å²) in [5, 5.41) is 0. The third-order valence-electron chi connectivity index (χ3n) is 2.24. The summed E-state index contributed by atoms with van der Waals surface area (Å²) in [6.45, 7) is 6.11. The number of anilines is 1. The van der Waals surface area contributed by atoms with Crippen LogP contribution in [0.25, 0.3) is 0 Å². The van der Waals surface area contributed by atoms with Gasteiger partial charge >= 0.3 is 0 Å². The summed E-state index contributed by atoms with van der Waals surface area (Å²) in [7, 11) is -3.23. The second-order valence-corrected chi connectivity index (χ2v) is 8.33. The third kappa shape index (κ3) is 6.26. The predicted molar refractivity (Wildman–Crippen MR) is 80.6 cm³/mol. The fourth-order valence-corrected chi connectivity index (χ4v) is 3.03. The first-order valence-electron chi connectivity index (χ1n) is 5.44. The highest BCUT2D eigenvalue weighted by atomic mass is 127. The van der Waals surface area contributed by atoms with Crippen LogP contribution in [0.15, 0.2) is 24.3 Å². The van der Waals surface area contributed by atoms with Crippen LogP contribution in [0, 0.1) is 8.99 Å². The second kappa shape index (κ2) is 5.56. The molecule has 0 aliphatic rings. The van der Waals surface area contributed by atoms with Gasteiger partial charge in [-0.15, -0.1) is 0 Å². The first kappa shape index (κ1) is 14.8. The molecule has 0 amide bonds. The Balaban J connectivity index is 2.64. The van der Waals surface area contributed by atoms with Crippen molar-refractivity contribution in [3.63, 3.8) is 0 Å². The van der Waals surface area contributed by atoms with Crippen molar-refractivity contribution in [2.75, 3.05) is 10.5 Å². The van der Waals surface area contributed by atoms with Crippen LogP contribution in [-0.4, -0.2) is 14.2 Å². The van der Waals surface area contributed by atoms with Gasteiger partial charge in [0, 0.05) is 9.26 Å². The normalized spacial score (nSPS) is 12.5. The molecule has 0 aromatic heterocycles. The molecule has 0 radical (unpaired) electrons. The molecule has 0 fully saturated rings. The number of rotatable bonds is 4. The molecular weight excluding hydrogens is 349 g/mol. The SMILES string of the molecule is CC(C)(C)CCS(=O)(=O)Nc1ccc(I)cc1. The zero-order chi connectivity index (χ0) is 13.1. The Bertz CT molecular complexity index is 460. The monoisotopic (exact) mass is 367 g/mol. The Morgan fingerprint density at radius 2 is 1.71 bits per heavy atom. The minimum Gasteiger partial charge on any atom is -0.284 e. The Labute approximate surface area is 117 Å². The number of hydrogen-bond acceptors (Lipinski definition) is 2. The lowest BCUT2D eigenvalue weighted by Crippen LogP contribution is -2.20. The number of benzene rings is 1. The second-order valence-electron chi connectivity index (χ2n) is 5.24. The molecular formula is C12H18INO2S. The molecule has 0 saturated heterocycles. The largest absolute Gasteiger partial charge is 0.284 e. The molecule has 0 aliphatic heterocycles. The molecule has 0 unspecified atom stereocenters. The van der Waals surface area contributed by atoms with E-state index in [-0.39, 0.29) is 11.2 Å². The van der Waals surface area contributed by atoms with Gasteiger partial charge in [0.05, 0.1) is 5.75 Å². The molecule has 1 aromatic rings. The quantitative estimate of drug-likeness (QED) is 0.829. The molecule has 0 heterocycles. The Hall–Kier alpha value is -0.300. The van der Waals surface area contributed by atoms with E-state index in [1.807, 2.05) is 32.9 Å². The molecule has 1 aromatic carbocycles. The molecule has 1 N–H and O–H groups in total. The fourth-order valence-electron chi connectivity index (χ4n) is 1.19. The molecule has 0 atom stereocenters. The average molecular weight is 367 g/mol. The molecule has 0 aliphatic carbocycles. The Morgan fingerprint density at radius 3 is 2.18 bits per heavy atom. The van der Waals surface area contributed by atoms with Crippen molar-refractivity contribution in [1.29, 1.82) is 0 Å². The summed E-state index contributed by atoms with van der Waals surface area (Å²) < 4.78 is 27.3. The van der Waals surface area contributed by atoms with Crippen LogP contribution in [0.1, 0.15) is 27.2 Å². The maximum atomic E-state index is 11.8. The minimum absolute atomic E-state index is 0.0286. The van der Waals surface area contributed by atoms with Crippen LogP contribution in [0.3, 0.4) is 0 Å². The minimum atomic E-state index is -3.23. The fraction of sp³-hybridized carbons (Fsp3) is 0.500. The van der Waals surface area contributed by atoms with Crippen LogP contribution in [0.5, 0.6) is 0 Å². The maximum absolute atomic E-state index is 11.8. The summed E-state index contributed by atoms with van der Waals surface area (Å²) in [5.41, 5.74) is 0.653. The molecule has 3 nitrogen and oxygen atoms in total. The lowest BCUT2D eigenvalue weighted by Gasteiger charge is -2.18. The van der Waals surface area contributed by atoms with Gasteiger partial charge in [-0.2, -0.15) is 0 Å². The van der Waals surface area contributed by atoms with Crippen LogP contribution >= 0.6 is 22.6 Å². The van der Waals surface area contributed by atoms with Gasteiger partial charge in [0.1, 0.15) is 0 Å². The predicted octanol–water partition coefficient (Wildman–Crippen LogP) is 3.47. The molecule has 17 heavy (non-hydrogen) atoms. The van der Waals surface area contributed by atoms with Gasteiger partial charge in [0.2, 0.25) is 10.0 Å². The van der Waals surface area contributed by atoms with Crippen molar-refractivity contribution in [2.24, 2.45) is 5.41 Å². The summed E-state index contributed by atoms with van der Waals surface area (Å²) in [6, 6.07) is 7.30. The average Bonchev–Trinajstić information content (AvgIpc) is 2.18. The van der Waals surface area contributed by atoms with Crippen LogP contribution in [0.2, 0.25) is 0 Å². The van der Waals surface area contributed by atoms with E-state index >= 15 is 0 Å². The number of hydrogen-bond donors (Lipinski definition) is 1. The highest BCUT2D eigenvalue weighted by Crippen LogP contribution is 2.20. The first-order valence-corrected chi connectivity index (χ1v) is 8.17. The van der Waals surface area contributed by atoms with Gasteiger partial charge in [-0.05, 0) is 58.7 Å². The van der Waals surface area contributed by atoms with E-state index in [4.69, 9.17) is 0 Å². The van der Waals surface area contributed by atoms with Crippen molar-refractivity contribution >= 4 is 38.3 Å². The van der Waals surface area contributed by atoms with E-state index in [9.17, 15) is 8.42 Å². The maximum Gasteiger partial charge on any atom is 0.232 e. The van der Waals surface area contributed by atoms with Crippen LogP contribution < -0.4 is 4.72 Å². The summed E-state index contributed by atoms with van der Waals surface area (Å²) >= 11 is 2.18. The van der Waals surface area contributed by atoms with Crippen molar-refractivity contribution in [3.05, 3.63) is 27.8 Å². The van der Waals surface area contributed by atoms with Crippen molar-refractivity contribution in [2.45, 2.75) is 27.2 Å². The molecule has 0 spiro atoms. The number of nitrogens with one attached hydrogen (secondary N) is 1. The van der Waals surface area contributed by atoms with Crippen molar-refractivity contribution in [1.82, 2.24) is 0 Å². The summed E-state index contributed by atoms with van der Waals surface area (Å²) in [4.78, 5) is 0. The number of sulfonamides is 1. The van der Waals surface area contributed by atoms with Gasteiger partial charge < -0.3 is 0 Å². The molecule has 1 rings (SSSR count). The van der Waals surface area contributed by atoms with Crippen molar-refractivity contribution < 1.29 is 8.42 Å². The number of halogens is 1. The van der Waals surface area contributed by atoms with Gasteiger partial charge in [-0.1, -0.05) is 20.8 Å². The highest BCUT2D eigenvalue weighted by molar-refractivity contribution is 14.1. The van der Waals surface area contributed by atoms with Gasteiger partial charge in [0.25, 0.3) is 0 Å². The van der Waals surface area contributed by atoms with E-state index in [1.54, 1.807) is 12.1 Å². The smallest absolute Gasteiger partial charge is 0.232 e. The third-order valence-corrected chi connectivity index (χ3v) is 4.25. The summed E-state index contributed by atoms with van der Waals surface area (Å²) in [5.74, 6) is 0.155. The van der Waals surface area contributed by atoms with E-state index in [0.29, 0.717) is 12.1 Å². The highest BCUT2D eigenvalue weighted by Gasteiger charge is 2.17. The molecule has 5 heteroatoms. The van der Waals surface area contributed by atoms with Gasteiger partial charge in [0.15, 0.2) is 0 Å². The van der Waals surface area contributed by atoms with Crippen LogP contribution in [0.4, 0.5) is 5.69 Å². The zero-order valence-electron chi connectivity index (χ0n) is 10.3. The lowest BCUT2D eigenvalue weighted by atomic mass is 9.94. The van der Waals surface area contributed by atoms with Crippen LogP contribution in [-0.2, 0) is 10.0 Å². The summed E-state index contributed by atoms with van der Waals surface area (Å²) in [6.07, 6.45) is 0.646. The van der Waals surface area contributed by atoms with Crippen molar-refractivity contribution in [3.8, 4) is 0 Å². The first-order chi connectivity index (χ1) is 7.68. The molecule has 0 bridgehead atoms. The molecule has 96 valence electrons. The van der Waals surface area contributed by atoms with E-state index < -0.39 is 10.0 Å². The van der Waals surface area contributed by atoms with E-state index in [0.717, 1.165) is 3.57 Å². The van der Waals surface area contributed by atoms with Gasteiger partial charge in [-0.25, -0.2) is 8.42 Å². The van der Waals surface area contributed by atoms with E-state index in [1.165, 1.54) is 0 Å². The Kier molecular flexibility index (Phi) is 4.83. The van der Waals surface area contributed by atoms with E-state index in [2.05, 4.69) is 27.3 Å². The standard InChI is InChI=1S/C12H18INO2S/c1-12(2,3)8-9-17(15,16)14-11-6-4-10(13)5-7-11/h4-7,14H,8-9H2,1-3H3. The zero-order valence-corrected chi connectivity index (χ0v) is 13.3. The lowest BCUT2D eigenvalue weighted by molar-refractivity contribution is 0.397. The topological polar surface area (TPSA) is 46.2 Å². The van der Waals surface area contributed by atoms with Gasteiger partial charge in [-0.3, -0.25) is 4.72 Å².